The quantitative estimate of drug-likeness (QED) is 0.144. The van der Waals surface area contributed by atoms with Crippen LogP contribution in [0.2, 0.25) is 5.15 Å². The maximum atomic E-state index is 5.91. The fourth-order valence-electron chi connectivity index (χ4n) is 2.67. The monoisotopic (exact) mass is 546 g/mol. The molecule has 0 aliphatic carbocycles. The lowest BCUT2D eigenvalue weighted by Crippen LogP contribution is -2.38. The van der Waals surface area contributed by atoms with Crippen molar-refractivity contribution in [2.45, 2.75) is 33.7 Å². The molecule has 1 aromatic carbocycles. The van der Waals surface area contributed by atoms with Gasteiger partial charge in [0.1, 0.15) is 17.5 Å². The summed E-state index contributed by atoms with van der Waals surface area (Å²) in [4.78, 5) is 8.82. The Labute approximate surface area is 201 Å². The fourth-order valence-corrected chi connectivity index (χ4v) is 2.78. The number of ether oxygens (including phenoxy) is 2. The first kappa shape index (κ1) is 26.5. The van der Waals surface area contributed by atoms with Crippen molar-refractivity contribution in [1.82, 2.24) is 15.6 Å². The van der Waals surface area contributed by atoms with Crippen LogP contribution in [-0.2, 0) is 17.7 Å². The van der Waals surface area contributed by atoms with Crippen LogP contribution in [0, 0.1) is 6.92 Å². The van der Waals surface area contributed by atoms with E-state index in [0.29, 0.717) is 31.5 Å². The van der Waals surface area contributed by atoms with Gasteiger partial charge in [0, 0.05) is 31.5 Å². The van der Waals surface area contributed by atoms with E-state index in [1.807, 2.05) is 19.1 Å². The highest BCUT2D eigenvalue weighted by Gasteiger charge is 2.05. The molecule has 0 amide bonds. The van der Waals surface area contributed by atoms with Crippen molar-refractivity contribution in [2.24, 2.45) is 4.99 Å². The van der Waals surface area contributed by atoms with Gasteiger partial charge in [0.05, 0.1) is 13.2 Å². The Morgan fingerprint density at radius 3 is 2.67 bits per heavy atom. The number of hydrogen-bond acceptors (Lipinski definition) is 4. The molecule has 2 N–H and O–H groups in total. The van der Waals surface area contributed by atoms with E-state index in [-0.39, 0.29) is 24.0 Å². The summed E-state index contributed by atoms with van der Waals surface area (Å²) in [7, 11) is 0. The molecular weight excluding hydrogens is 515 g/mol. The van der Waals surface area contributed by atoms with Crippen LogP contribution in [0.25, 0.3) is 0 Å². The van der Waals surface area contributed by atoms with Crippen molar-refractivity contribution in [3.05, 3.63) is 58.4 Å². The first-order chi connectivity index (χ1) is 14.1. The highest BCUT2D eigenvalue weighted by atomic mass is 127. The van der Waals surface area contributed by atoms with Crippen molar-refractivity contribution in [3.8, 4) is 5.75 Å². The van der Waals surface area contributed by atoms with E-state index in [4.69, 9.17) is 26.1 Å². The third-order valence-electron chi connectivity index (χ3n) is 4.16. The third kappa shape index (κ3) is 9.95. The van der Waals surface area contributed by atoms with Crippen LogP contribution in [-0.4, -0.2) is 43.9 Å². The second-order valence-electron chi connectivity index (χ2n) is 6.52. The van der Waals surface area contributed by atoms with Gasteiger partial charge in [-0.1, -0.05) is 29.8 Å². The van der Waals surface area contributed by atoms with Crippen LogP contribution in [0.4, 0.5) is 0 Å². The maximum absolute atomic E-state index is 5.91. The lowest BCUT2D eigenvalue weighted by Gasteiger charge is -2.14. The Morgan fingerprint density at radius 2 is 1.97 bits per heavy atom. The summed E-state index contributed by atoms with van der Waals surface area (Å²) in [5.74, 6) is 1.63. The zero-order chi connectivity index (χ0) is 20.9. The van der Waals surface area contributed by atoms with Crippen LogP contribution in [0.1, 0.15) is 30.5 Å². The van der Waals surface area contributed by atoms with E-state index >= 15 is 0 Å². The van der Waals surface area contributed by atoms with E-state index in [1.165, 1.54) is 0 Å². The first-order valence-electron chi connectivity index (χ1n) is 10.0. The minimum atomic E-state index is 0. The standard InChI is InChI=1S/C22H31ClN4O2.HI/c1-4-24-22(25-11-10-18-7-9-21(23)26-15-18)27-16-19-8-6-17(3)14-20(19)29-13-12-28-5-2;/h6-9,14-15H,4-5,10-13,16H2,1-3H3,(H2,24,25,27);1H. The fraction of sp³-hybridized carbons (Fsp3) is 0.455. The smallest absolute Gasteiger partial charge is 0.191 e. The van der Waals surface area contributed by atoms with E-state index < -0.39 is 0 Å². The van der Waals surface area contributed by atoms with Gasteiger partial charge in [0.15, 0.2) is 5.96 Å². The number of nitrogens with one attached hydrogen (secondary N) is 2. The average Bonchev–Trinajstić information content (AvgIpc) is 2.72. The van der Waals surface area contributed by atoms with Crippen molar-refractivity contribution >= 4 is 41.5 Å². The SMILES string of the molecule is CCNC(=NCc1ccc(C)cc1OCCOCC)NCCc1ccc(Cl)nc1.I. The van der Waals surface area contributed by atoms with E-state index in [0.717, 1.165) is 47.9 Å². The summed E-state index contributed by atoms with van der Waals surface area (Å²) in [6.07, 6.45) is 2.64. The largest absolute Gasteiger partial charge is 0.491 e. The molecule has 30 heavy (non-hydrogen) atoms. The Morgan fingerprint density at radius 1 is 1.13 bits per heavy atom. The van der Waals surface area contributed by atoms with Crippen molar-refractivity contribution < 1.29 is 9.47 Å². The number of rotatable bonds is 11. The number of benzene rings is 1. The van der Waals surface area contributed by atoms with Gasteiger partial charge in [-0.25, -0.2) is 9.98 Å². The van der Waals surface area contributed by atoms with Crippen LogP contribution < -0.4 is 15.4 Å². The molecule has 0 bridgehead atoms. The average molecular weight is 547 g/mol. The first-order valence-corrected chi connectivity index (χ1v) is 10.4. The number of aromatic nitrogens is 1. The lowest BCUT2D eigenvalue weighted by atomic mass is 10.1. The normalized spacial score (nSPS) is 11.0. The molecule has 166 valence electrons. The molecule has 2 aromatic rings. The van der Waals surface area contributed by atoms with E-state index in [2.05, 4.69) is 41.6 Å². The second-order valence-corrected chi connectivity index (χ2v) is 6.90. The van der Waals surface area contributed by atoms with Gasteiger partial charge in [0.25, 0.3) is 0 Å². The molecule has 1 heterocycles. The molecule has 0 radical (unpaired) electrons. The number of aryl methyl sites for hydroxylation is 1. The molecule has 0 atom stereocenters. The summed E-state index contributed by atoms with van der Waals surface area (Å²) in [5.41, 5.74) is 3.33. The minimum absolute atomic E-state index is 0. The zero-order valence-corrected chi connectivity index (χ0v) is 21.0. The van der Waals surface area contributed by atoms with Crippen LogP contribution in [0.15, 0.2) is 41.5 Å². The molecular formula is C22H32ClIN4O2. The summed E-state index contributed by atoms with van der Waals surface area (Å²) in [6.45, 7) is 9.96. The zero-order valence-electron chi connectivity index (χ0n) is 17.9. The van der Waals surface area contributed by atoms with Crippen molar-refractivity contribution in [3.63, 3.8) is 0 Å². The summed E-state index contributed by atoms with van der Waals surface area (Å²) in [6, 6.07) is 9.98. The number of nitrogens with zero attached hydrogens (tertiary/aromatic N) is 2. The van der Waals surface area contributed by atoms with E-state index in [1.54, 1.807) is 12.3 Å². The number of halogens is 2. The van der Waals surface area contributed by atoms with Crippen LogP contribution >= 0.6 is 35.6 Å². The molecule has 1 aromatic heterocycles. The van der Waals surface area contributed by atoms with Gasteiger partial charge in [-0.15, -0.1) is 24.0 Å². The Bertz CT molecular complexity index is 772. The maximum Gasteiger partial charge on any atom is 0.191 e. The number of guanidine groups is 1. The van der Waals surface area contributed by atoms with Crippen LogP contribution in [0.3, 0.4) is 0 Å². The number of aliphatic imine (C=N–C) groups is 1. The van der Waals surface area contributed by atoms with Gasteiger partial charge in [-0.2, -0.15) is 0 Å². The van der Waals surface area contributed by atoms with Crippen molar-refractivity contribution in [1.29, 1.82) is 0 Å². The van der Waals surface area contributed by atoms with Gasteiger partial charge in [-0.05, 0) is 50.5 Å². The molecule has 2 rings (SSSR count). The molecule has 0 fully saturated rings. The molecule has 0 spiro atoms. The third-order valence-corrected chi connectivity index (χ3v) is 4.38. The lowest BCUT2D eigenvalue weighted by molar-refractivity contribution is 0.110. The summed E-state index contributed by atoms with van der Waals surface area (Å²) >= 11 is 5.83. The van der Waals surface area contributed by atoms with Gasteiger partial charge in [-0.3, -0.25) is 0 Å². The van der Waals surface area contributed by atoms with Crippen LogP contribution in [0.5, 0.6) is 5.75 Å². The van der Waals surface area contributed by atoms with Gasteiger partial charge >= 0.3 is 0 Å². The minimum Gasteiger partial charge on any atom is -0.491 e. The Kier molecular flexibility index (Phi) is 13.5. The van der Waals surface area contributed by atoms with Crippen molar-refractivity contribution in [2.75, 3.05) is 32.9 Å². The van der Waals surface area contributed by atoms with Gasteiger partial charge in [0.2, 0.25) is 0 Å². The molecule has 0 unspecified atom stereocenters. The molecule has 0 saturated heterocycles. The summed E-state index contributed by atoms with van der Waals surface area (Å²) in [5, 5.41) is 7.15. The predicted octanol–water partition coefficient (Wildman–Crippen LogP) is 4.37. The number of hydrogen-bond donors (Lipinski definition) is 2. The highest BCUT2D eigenvalue weighted by Crippen LogP contribution is 2.21. The molecule has 0 aliphatic rings. The second kappa shape index (κ2) is 15.3. The Hall–Kier alpha value is -1.58. The summed E-state index contributed by atoms with van der Waals surface area (Å²) < 4.78 is 11.3. The predicted molar refractivity (Wildman–Crippen MR) is 134 cm³/mol. The highest BCUT2D eigenvalue weighted by molar-refractivity contribution is 14.0. The van der Waals surface area contributed by atoms with E-state index in [9.17, 15) is 0 Å². The topological polar surface area (TPSA) is 67.8 Å². The molecule has 0 aliphatic heterocycles. The molecule has 6 nitrogen and oxygen atoms in total. The number of pyridine rings is 1. The van der Waals surface area contributed by atoms with Gasteiger partial charge < -0.3 is 20.1 Å². The molecule has 0 saturated carbocycles. The molecule has 8 heteroatoms. The Balaban J connectivity index is 0.00000450.